The fourth-order valence-electron chi connectivity index (χ4n) is 2.94. The molecule has 2 aromatic heterocycles. The zero-order chi connectivity index (χ0) is 21.7. The number of amides is 1. The number of aromatic nitrogens is 3. The zero-order valence-corrected chi connectivity index (χ0v) is 17.4. The van der Waals surface area contributed by atoms with Crippen molar-refractivity contribution < 1.29 is 14.4 Å². The minimum atomic E-state index is -0.167. The molecule has 10 nitrogen and oxygen atoms in total. The third-order valence-electron chi connectivity index (χ3n) is 4.38. The molecule has 0 aliphatic rings. The van der Waals surface area contributed by atoms with Crippen LogP contribution in [0.5, 0.6) is 11.6 Å². The van der Waals surface area contributed by atoms with Gasteiger partial charge in [0.25, 0.3) is 0 Å². The van der Waals surface area contributed by atoms with Crippen molar-refractivity contribution in [3.63, 3.8) is 0 Å². The Morgan fingerprint density at radius 1 is 1.33 bits per heavy atom. The van der Waals surface area contributed by atoms with Gasteiger partial charge in [-0.1, -0.05) is 5.16 Å². The normalized spacial score (nSPS) is 11.4. The van der Waals surface area contributed by atoms with Gasteiger partial charge in [-0.25, -0.2) is 14.8 Å². The Morgan fingerprint density at radius 3 is 2.87 bits per heavy atom. The second-order valence-corrected chi connectivity index (χ2v) is 6.87. The number of aryl methyl sites for hydroxylation is 1. The van der Waals surface area contributed by atoms with Gasteiger partial charge < -0.3 is 25.5 Å². The number of nitrogens with one attached hydrogen (secondary N) is 1. The van der Waals surface area contributed by atoms with Crippen LogP contribution >= 0.6 is 0 Å². The van der Waals surface area contributed by atoms with Crippen molar-refractivity contribution in [1.82, 2.24) is 24.8 Å². The predicted octanol–water partition coefficient (Wildman–Crippen LogP) is 2.21. The number of carbonyl (C=O) groups is 1. The van der Waals surface area contributed by atoms with E-state index in [-0.39, 0.29) is 17.7 Å². The molecule has 158 valence electrons. The SMILES string of the molecule is CO/N=C/c1c(N)ncnc1Oc1ccc2c(c1)cc(C)n2C(=O)NCCN(C)C. The quantitative estimate of drug-likeness (QED) is 0.452. The van der Waals surface area contributed by atoms with Crippen molar-refractivity contribution in [1.29, 1.82) is 0 Å². The largest absolute Gasteiger partial charge is 0.438 e. The first-order valence-corrected chi connectivity index (χ1v) is 9.30. The van der Waals surface area contributed by atoms with Crippen molar-refractivity contribution in [3.8, 4) is 11.6 Å². The van der Waals surface area contributed by atoms with E-state index in [0.29, 0.717) is 17.9 Å². The smallest absolute Gasteiger partial charge is 0.326 e. The number of benzene rings is 1. The molecule has 3 aromatic rings. The number of hydrogen-bond acceptors (Lipinski definition) is 8. The van der Waals surface area contributed by atoms with Gasteiger partial charge in [0.15, 0.2) is 0 Å². The molecule has 0 spiro atoms. The van der Waals surface area contributed by atoms with E-state index in [1.807, 2.05) is 44.1 Å². The highest BCUT2D eigenvalue weighted by molar-refractivity contribution is 5.93. The van der Waals surface area contributed by atoms with Gasteiger partial charge in [-0.05, 0) is 45.3 Å². The molecule has 0 aliphatic heterocycles. The lowest BCUT2D eigenvalue weighted by atomic mass is 10.2. The number of anilines is 1. The van der Waals surface area contributed by atoms with E-state index in [9.17, 15) is 4.79 Å². The molecular weight excluding hydrogens is 386 g/mol. The topological polar surface area (TPSA) is 120 Å². The van der Waals surface area contributed by atoms with E-state index in [4.69, 9.17) is 15.3 Å². The lowest BCUT2D eigenvalue weighted by Gasteiger charge is -2.12. The lowest BCUT2D eigenvalue weighted by molar-refractivity contribution is 0.215. The van der Waals surface area contributed by atoms with Crippen LogP contribution in [0.1, 0.15) is 11.3 Å². The van der Waals surface area contributed by atoms with Crippen LogP contribution in [-0.4, -0.2) is 66.0 Å². The molecule has 2 heterocycles. The number of rotatable bonds is 7. The molecule has 1 aromatic carbocycles. The van der Waals surface area contributed by atoms with Gasteiger partial charge in [0, 0.05) is 24.2 Å². The molecular formula is C20H25N7O3. The van der Waals surface area contributed by atoms with E-state index in [2.05, 4.69) is 20.4 Å². The number of ether oxygens (including phenoxy) is 1. The van der Waals surface area contributed by atoms with Crippen LogP contribution < -0.4 is 15.8 Å². The Balaban J connectivity index is 1.87. The minimum absolute atomic E-state index is 0.167. The summed E-state index contributed by atoms with van der Waals surface area (Å²) >= 11 is 0. The van der Waals surface area contributed by atoms with Gasteiger partial charge >= 0.3 is 6.03 Å². The van der Waals surface area contributed by atoms with Gasteiger partial charge in [0.05, 0.1) is 11.7 Å². The first kappa shape index (κ1) is 21.1. The van der Waals surface area contributed by atoms with Crippen LogP contribution in [0.15, 0.2) is 35.7 Å². The second kappa shape index (κ2) is 9.23. The Bertz CT molecular complexity index is 1080. The highest BCUT2D eigenvalue weighted by Gasteiger charge is 2.15. The van der Waals surface area contributed by atoms with Crippen molar-refractivity contribution >= 4 is 29.0 Å². The molecule has 10 heteroatoms. The number of nitrogens with two attached hydrogens (primary N) is 1. The van der Waals surface area contributed by atoms with Crippen LogP contribution in [0.2, 0.25) is 0 Å². The Hall–Kier alpha value is -3.66. The number of oxime groups is 1. The van der Waals surface area contributed by atoms with E-state index < -0.39 is 0 Å². The molecule has 0 saturated carbocycles. The summed E-state index contributed by atoms with van der Waals surface area (Å²) in [5, 5.41) is 7.50. The third kappa shape index (κ3) is 4.66. The molecule has 0 bridgehead atoms. The predicted molar refractivity (Wildman–Crippen MR) is 115 cm³/mol. The first-order chi connectivity index (χ1) is 14.4. The molecule has 0 aliphatic carbocycles. The van der Waals surface area contributed by atoms with Gasteiger partial charge in [-0.2, -0.15) is 0 Å². The summed E-state index contributed by atoms with van der Waals surface area (Å²) in [6, 6.07) is 7.19. The van der Waals surface area contributed by atoms with E-state index >= 15 is 0 Å². The number of carbonyl (C=O) groups excluding carboxylic acids is 1. The highest BCUT2D eigenvalue weighted by atomic mass is 16.6. The van der Waals surface area contributed by atoms with E-state index in [1.54, 1.807) is 10.6 Å². The van der Waals surface area contributed by atoms with Crippen molar-refractivity contribution in [2.75, 3.05) is 40.0 Å². The van der Waals surface area contributed by atoms with E-state index in [1.165, 1.54) is 19.7 Å². The Labute approximate surface area is 174 Å². The first-order valence-electron chi connectivity index (χ1n) is 9.30. The summed E-state index contributed by atoms with van der Waals surface area (Å²) in [5.41, 5.74) is 7.91. The summed E-state index contributed by atoms with van der Waals surface area (Å²) in [6.45, 7) is 3.21. The summed E-state index contributed by atoms with van der Waals surface area (Å²) in [6.07, 6.45) is 2.70. The fourth-order valence-corrected chi connectivity index (χ4v) is 2.94. The fraction of sp³-hybridized carbons (Fsp3) is 0.300. The molecule has 0 saturated heterocycles. The zero-order valence-electron chi connectivity index (χ0n) is 17.4. The standard InChI is InChI=1S/C20H25N7O3/c1-13-9-14-10-15(30-19-16(11-25-29-4)18(21)23-12-24-19)5-6-17(14)27(13)20(28)22-7-8-26(2)3/h5-6,9-12H,7-8H2,1-4H3,(H,22,28)(H2,21,23,24)/b25-11+. The molecule has 0 radical (unpaired) electrons. The summed E-state index contributed by atoms with van der Waals surface area (Å²) in [4.78, 5) is 27.4. The third-order valence-corrected chi connectivity index (χ3v) is 4.38. The van der Waals surface area contributed by atoms with Gasteiger partial charge in [-0.15, -0.1) is 0 Å². The maximum absolute atomic E-state index is 12.6. The summed E-state index contributed by atoms with van der Waals surface area (Å²) in [5.74, 6) is 1.01. The van der Waals surface area contributed by atoms with Crippen LogP contribution in [0, 0.1) is 6.92 Å². The van der Waals surface area contributed by atoms with E-state index in [0.717, 1.165) is 23.1 Å². The van der Waals surface area contributed by atoms with Gasteiger partial charge in [-0.3, -0.25) is 4.57 Å². The Morgan fingerprint density at radius 2 is 2.13 bits per heavy atom. The molecule has 3 N–H and O–H groups in total. The number of nitrogen functional groups attached to an aromatic ring is 1. The molecule has 0 fully saturated rings. The van der Waals surface area contributed by atoms with Crippen LogP contribution in [-0.2, 0) is 4.84 Å². The number of hydrogen-bond donors (Lipinski definition) is 2. The van der Waals surface area contributed by atoms with Crippen LogP contribution in [0.4, 0.5) is 10.6 Å². The summed E-state index contributed by atoms with van der Waals surface area (Å²) < 4.78 is 7.55. The number of fused-ring (bicyclic) bond motifs is 1. The van der Waals surface area contributed by atoms with Crippen molar-refractivity contribution in [3.05, 3.63) is 41.9 Å². The molecule has 1 amide bonds. The molecule has 3 rings (SSSR count). The molecule has 0 unspecified atom stereocenters. The van der Waals surface area contributed by atoms with Gasteiger partial charge in [0.2, 0.25) is 5.88 Å². The van der Waals surface area contributed by atoms with Crippen LogP contribution in [0.25, 0.3) is 10.9 Å². The van der Waals surface area contributed by atoms with Gasteiger partial charge in [0.1, 0.15) is 30.6 Å². The number of nitrogens with zero attached hydrogens (tertiary/aromatic N) is 5. The van der Waals surface area contributed by atoms with Crippen molar-refractivity contribution in [2.45, 2.75) is 6.92 Å². The van der Waals surface area contributed by atoms with Crippen molar-refractivity contribution in [2.24, 2.45) is 5.16 Å². The summed E-state index contributed by atoms with van der Waals surface area (Å²) in [7, 11) is 5.35. The Kier molecular flexibility index (Phi) is 6.48. The molecule has 0 atom stereocenters. The highest BCUT2D eigenvalue weighted by Crippen LogP contribution is 2.29. The maximum atomic E-state index is 12.6. The minimum Gasteiger partial charge on any atom is -0.438 e. The monoisotopic (exact) mass is 411 g/mol. The molecule has 30 heavy (non-hydrogen) atoms. The lowest BCUT2D eigenvalue weighted by Crippen LogP contribution is -2.34. The number of likely N-dealkylation sites (N-methyl/N-ethyl adjacent to an activating group) is 1. The average Bonchev–Trinajstić information content (AvgIpc) is 3.02. The maximum Gasteiger partial charge on any atom is 0.326 e. The van der Waals surface area contributed by atoms with Crippen LogP contribution in [0.3, 0.4) is 0 Å². The average molecular weight is 411 g/mol. The second-order valence-electron chi connectivity index (χ2n) is 6.87.